The van der Waals surface area contributed by atoms with E-state index in [1.165, 1.54) is 10.9 Å². The summed E-state index contributed by atoms with van der Waals surface area (Å²) in [5.74, 6) is -0.150. The summed E-state index contributed by atoms with van der Waals surface area (Å²) < 4.78 is 1.91. The lowest BCUT2D eigenvalue weighted by atomic mass is 10.2. The molecule has 24 heavy (non-hydrogen) atoms. The number of H-pyrrole nitrogens is 1. The van der Waals surface area contributed by atoms with Gasteiger partial charge in [0.25, 0.3) is 5.56 Å². The number of carbonyl (C=O) groups excluding carboxylic acids is 1. The molecule has 2 aromatic heterocycles. The number of benzene rings is 1. The largest absolute Gasteiger partial charge is 0.326 e. The number of hydrogen-bond acceptors (Lipinski definition) is 4. The van der Waals surface area contributed by atoms with Crippen molar-refractivity contribution in [1.29, 1.82) is 0 Å². The van der Waals surface area contributed by atoms with Crippen molar-refractivity contribution in [2.75, 3.05) is 5.32 Å². The fourth-order valence-electron chi connectivity index (χ4n) is 2.35. The number of hydrogen-bond donors (Lipinski definition) is 2. The molecule has 1 aromatic carbocycles. The van der Waals surface area contributed by atoms with E-state index < -0.39 is 0 Å². The van der Waals surface area contributed by atoms with E-state index in [1.54, 1.807) is 17.4 Å². The molecule has 3 aromatic rings. The van der Waals surface area contributed by atoms with Gasteiger partial charge in [0.05, 0.1) is 15.2 Å². The lowest BCUT2D eigenvalue weighted by Crippen LogP contribution is -2.19. The van der Waals surface area contributed by atoms with Crippen LogP contribution in [0.15, 0.2) is 45.8 Å². The van der Waals surface area contributed by atoms with Crippen LogP contribution >= 0.6 is 27.3 Å². The number of nitrogens with one attached hydrogen (secondary N) is 2. The van der Waals surface area contributed by atoms with Gasteiger partial charge in [-0.3, -0.25) is 9.59 Å². The fraction of sp³-hybridized carbons (Fsp3) is 0.235. The Morgan fingerprint density at radius 3 is 2.96 bits per heavy atom. The summed E-state index contributed by atoms with van der Waals surface area (Å²) in [6, 6.07) is 9.67. The summed E-state index contributed by atoms with van der Waals surface area (Å²) in [7, 11) is 0. The number of aryl methyl sites for hydroxylation is 1. The maximum absolute atomic E-state index is 11.9. The monoisotopic (exact) mass is 405 g/mol. The van der Waals surface area contributed by atoms with E-state index in [4.69, 9.17) is 0 Å². The first kappa shape index (κ1) is 16.9. The van der Waals surface area contributed by atoms with Crippen molar-refractivity contribution in [2.45, 2.75) is 25.7 Å². The van der Waals surface area contributed by atoms with Gasteiger partial charge in [0.2, 0.25) is 5.91 Å². The number of amides is 1. The van der Waals surface area contributed by atoms with Crippen LogP contribution in [0.25, 0.3) is 10.2 Å². The molecule has 3 rings (SSSR count). The standard InChI is InChI=1S/C17H16BrN3O2S/c18-11-9-13(17(23)19-10-11)20-15(22)7-3-4-8-16-21-12-5-1-2-6-14(12)24-16/h1-2,5-6,9-10H,3-4,7-8H2,(H,19,23)(H,20,22). The van der Waals surface area contributed by atoms with Gasteiger partial charge in [-0.25, -0.2) is 4.98 Å². The van der Waals surface area contributed by atoms with Gasteiger partial charge in [-0.15, -0.1) is 11.3 Å². The molecule has 124 valence electrons. The number of thiazole rings is 1. The zero-order valence-electron chi connectivity index (χ0n) is 12.8. The van der Waals surface area contributed by atoms with Crippen molar-refractivity contribution < 1.29 is 4.79 Å². The second-order valence-corrected chi connectivity index (χ2v) is 7.42. The number of anilines is 1. The Morgan fingerprint density at radius 2 is 2.12 bits per heavy atom. The van der Waals surface area contributed by atoms with E-state index in [9.17, 15) is 9.59 Å². The Hall–Kier alpha value is -1.99. The number of carbonyl (C=O) groups is 1. The summed E-state index contributed by atoms with van der Waals surface area (Å²) in [6.45, 7) is 0. The Bertz CT molecular complexity index is 886. The molecule has 0 spiro atoms. The van der Waals surface area contributed by atoms with Crippen LogP contribution in [0.3, 0.4) is 0 Å². The van der Waals surface area contributed by atoms with Gasteiger partial charge in [0.1, 0.15) is 5.69 Å². The number of aromatic nitrogens is 2. The average Bonchev–Trinajstić information content (AvgIpc) is 2.98. The quantitative estimate of drug-likeness (QED) is 0.606. The highest BCUT2D eigenvalue weighted by Gasteiger charge is 2.07. The van der Waals surface area contributed by atoms with Gasteiger partial charge in [-0.2, -0.15) is 0 Å². The molecule has 0 aliphatic rings. The van der Waals surface area contributed by atoms with Crippen LogP contribution in [0.1, 0.15) is 24.3 Å². The molecular formula is C17H16BrN3O2S. The second-order valence-electron chi connectivity index (χ2n) is 5.39. The van der Waals surface area contributed by atoms with Crippen LogP contribution in [0.5, 0.6) is 0 Å². The highest BCUT2D eigenvalue weighted by Crippen LogP contribution is 2.22. The number of halogens is 1. The Kier molecular flexibility index (Phi) is 5.42. The van der Waals surface area contributed by atoms with Crippen molar-refractivity contribution >= 4 is 49.1 Å². The summed E-state index contributed by atoms with van der Waals surface area (Å²) in [6.07, 6.45) is 4.44. The van der Waals surface area contributed by atoms with Crippen molar-refractivity contribution in [3.05, 3.63) is 56.4 Å². The summed E-state index contributed by atoms with van der Waals surface area (Å²) in [5, 5.41) is 3.74. The fourth-order valence-corrected chi connectivity index (χ4v) is 3.70. The van der Waals surface area contributed by atoms with Gasteiger partial charge in [-0.05, 0) is 53.4 Å². The normalized spacial score (nSPS) is 10.9. The number of fused-ring (bicyclic) bond motifs is 1. The maximum atomic E-state index is 11.9. The zero-order chi connectivity index (χ0) is 16.9. The van der Waals surface area contributed by atoms with E-state index in [1.807, 2.05) is 18.2 Å². The first-order valence-electron chi connectivity index (χ1n) is 7.64. The molecule has 0 radical (unpaired) electrons. The first-order chi connectivity index (χ1) is 11.6. The molecule has 0 aliphatic heterocycles. The van der Waals surface area contributed by atoms with Crippen LogP contribution in [-0.2, 0) is 11.2 Å². The Balaban J connectivity index is 1.46. The number of nitrogens with zero attached hydrogens (tertiary/aromatic N) is 1. The third-order valence-corrected chi connectivity index (χ3v) is 5.08. The molecule has 0 saturated heterocycles. The van der Waals surface area contributed by atoms with E-state index in [2.05, 4.69) is 37.3 Å². The predicted molar refractivity (Wildman–Crippen MR) is 101 cm³/mol. The van der Waals surface area contributed by atoms with Crippen molar-refractivity contribution in [1.82, 2.24) is 9.97 Å². The van der Waals surface area contributed by atoms with Gasteiger partial charge >= 0.3 is 0 Å². The summed E-state index contributed by atoms with van der Waals surface area (Å²) in [5.41, 5.74) is 0.991. The molecule has 2 N–H and O–H groups in total. The highest BCUT2D eigenvalue weighted by molar-refractivity contribution is 9.10. The molecule has 0 aliphatic carbocycles. The highest BCUT2D eigenvalue weighted by atomic mass is 79.9. The molecule has 1 amide bonds. The smallest absolute Gasteiger partial charge is 0.271 e. The van der Waals surface area contributed by atoms with Crippen molar-refractivity contribution in [3.63, 3.8) is 0 Å². The van der Waals surface area contributed by atoms with Crippen LogP contribution < -0.4 is 10.9 Å². The van der Waals surface area contributed by atoms with Crippen LogP contribution in [0.4, 0.5) is 5.69 Å². The Labute approximate surface area is 151 Å². The minimum Gasteiger partial charge on any atom is -0.326 e. The first-order valence-corrected chi connectivity index (χ1v) is 9.25. The maximum Gasteiger partial charge on any atom is 0.271 e. The van der Waals surface area contributed by atoms with E-state index in [0.29, 0.717) is 10.9 Å². The third kappa shape index (κ3) is 4.30. The minimum atomic E-state index is -0.305. The van der Waals surface area contributed by atoms with Crippen LogP contribution in [0.2, 0.25) is 0 Å². The van der Waals surface area contributed by atoms with Crippen molar-refractivity contribution in [2.24, 2.45) is 0 Å². The van der Waals surface area contributed by atoms with Crippen molar-refractivity contribution in [3.8, 4) is 0 Å². The molecule has 0 atom stereocenters. The number of aromatic amines is 1. The molecule has 0 fully saturated rings. The van der Waals surface area contributed by atoms with Gasteiger partial charge < -0.3 is 10.3 Å². The number of rotatable bonds is 6. The lowest BCUT2D eigenvalue weighted by Gasteiger charge is -2.04. The number of pyridine rings is 1. The zero-order valence-corrected chi connectivity index (χ0v) is 15.2. The molecule has 0 unspecified atom stereocenters. The molecule has 7 heteroatoms. The third-order valence-electron chi connectivity index (χ3n) is 3.52. The van der Waals surface area contributed by atoms with Gasteiger partial charge in [0.15, 0.2) is 0 Å². The Morgan fingerprint density at radius 1 is 1.29 bits per heavy atom. The van der Waals surface area contributed by atoms with Crippen LogP contribution in [0, 0.1) is 0 Å². The summed E-state index contributed by atoms with van der Waals surface area (Å²) in [4.78, 5) is 30.7. The lowest BCUT2D eigenvalue weighted by molar-refractivity contribution is -0.116. The van der Waals surface area contributed by atoms with Gasteiger partial charge in [0, 0.05) is 17.1 Å². The number of para-hydroxylation sites is 1. The van der Waals surface area contributed by atoms with Crippen LogP contribution in [-0.4, -0.2) is 15.9 Å². The molecule has 5 nitrogen and oxygen atoms in total. The average molecular weight is 406 g/mol. The van der Waals surface area contributed by atoms with E-state index in [0.717, 1.165) is 29.8 Å². The van der Waals surface area contributed by atoms with Gasteiger partial charge in [-0.1, -0.05) is 12.1 Å². The molecule has 2 heterocycles. The minimum absolute atomic E-state index is 0.150. The topological polar surface area (TPSA) is 74.8 Å². The number of unbranched alkanes of at least 4 members (excludes halogenated alkanes) is 1. The molecule has 0 saturated carbocycles. The SMILES string of the molecule is O=C(CCCCc1nc2ccccc2s1)Nc1cc(Br)c[nH]c1=O. The molecular weight excluding hydrogens is 390 g/mol. The van der Waals surface area contributed by atoms with E-state index in [-0.39, 0.29) is 17.2 Å². The summed E-state index contributed by atoms with van der Waals surface area (Å²) >= 11 is 4.96. The van der Waals surface area contributed by atoms with E-state index >= 15 is 0 Å². The molecule has 0 bridgehead atoms. The second kappa shape index (κ2) is 7.72. The predicted octanol–water partition coefficient (Wildman–Crippen LogP) is 4.10.